The first-order valence-electron chi connectivity index (χ1n) is 13.6. The zero-order valence-corrected chi connectivity index (χ0v) is 22.2. The summed E-state index contributed by atoms with van der Waals surface area (Å²) in [6.45, 7) is 15.8. The molecule has 2 saturated heterocycles. The van der Waals surface area contributed by atoms with E-state index in [4.69, 9.17) is 0 Å². The van der Waals surface area contributed by atoms with Crippen LogP contribution in [0.1, 0.15) is 71.6 Å². The monoisotopic (exact) mass is 481 g/mol. The maximum atomic E-state index is 4.64. The highest BCUT2D eigenvalue weighted by Gasteiger charge is 2.41. The molecule has 0 N–H and O–H groups in total. The fourth-order valence-corrected chi connectivity index (χ4v) is 7.81. The Morgan fingerprint density at radius 2 is 1.71 bits per heavy atom. The van der Waals surface area contributed by atoms with Crippen LogP contribution in [0.25, 0.3) is 0 Å². The average Bonchev–Trinajstić information content (AvgIpc) is 3.58. The fourth-order valence-electron chi connectivity index (χ4n) is 6.86. The number of aromatic nitrogens is 2. The SMILES string of the molecule is C=C(C)C1(C(C)CC2=CC=CCC2)CCN(c2nnc(N3CCN(C4CCCC4)CC3)s2)CC1. The van der Waals surface area contributed by atoms with Gasteiger partial charge < -0.3 is 9.80 Å². The van der Waals surface area contributed by atoms with Gasteiger partial charge in [0.2, 0.25) is 10.3 Å². The predicted molar refractivity (Wildman–Crippen MR) is 145 cm³/mol. The maximum Gasteiger partial charge on any atom is 0.210 e. The van der Waals surface area contributed by atoms with Gasteiger partial charge in [-0.2, -0.15) is 0 Å². The van der Waals surface area contributed by atoms with Crippen LogP contribution in [0.15, 0.2) is 36.0 Å². The number of nitrogens with zero attached hydrogens (tertiary/aromatic N) is 5. The molecule has 34 heavy (non-hydrogen) atoms. The Labute approximate surface area is 210 Å². The van der Waals surface area contributed by atoms with Crippen molar-refractivity contribution in [2.24, 2.45) is 11.3 Å². The molecule has 0 spiro atoms. The molecule has 0 aromatic carbocycles. The van der Waals surface area contributed by atoms with Gasteiger partial charge in [-0.15, -0.1) is 10.2 Å². The summed E-state index contributed by atoms with van der Waals surface area (Å²) < 4.78 is 0. The number of hydrogen-bond donors (Lipinski definition) is 0. The van der Waals surface area contributed by atoms with Crippen molar-refractivity contribution >= 4 is 21.6 Å². The zero-order chi connectivity index (χ0) is 23.5. The molecule has 0 amide bonds. The van der Waals surface area contributed by atoms with Crippen LogP contribution in [-0.2, 0) is 0 Å². The Hall–Kier alpha value is -1.66. The van der Waals surface area contributed by atoms with Crippen LogP contribution < -0.4 is 9.80 Å². The number of anilines is 2. The van der Waals surface area contributed by atoms with Gasteiger partial charge in [0.25, 0.3) is 0 Å². The van der Waals surface area contributed by atoms with E-state index in [1.807, 2.05) is 0 Å². The third kappa shape index (κ3) is 4.99. The lowest BCUT2D eigenvalue weighted by Gasteiger charge is -2.46. The van der Waals surface area contributed by atoms with Gasteiger partial charge in [0, 0.05) is 45.3 Å². The van der Waals surface area contributed by atoms with Crippen molar-refractivity contribution in [1.82, 2.24) is 15.1 Å². The van der Waals surface area contributed by atoms with Crippen molar-refractivity contribution in [3.63, 3.8) is 0 Å². The number of piperidine rings is 1. The van der Waals surface area contributed by atoms with Gasteiger partial charge in [-0.05, 0) is 63.2 Å². The van der Waals surface area contributed by atoms with Crippen molar-refractivity contribution in [2.75, 3.05) is 49.1 Å². The Bertz CT molecular complexity index is 896. The lowest BCUT2D eigenvalue weighted by molar-refractivity contribution is 0.173. The van der Waals surface area contributed by atoms with E-state index in [0.29, 0.717) is 5.92 Å². The van der Waals surface area contributed by atoms with E-state index >= 15 is 0 Å². The van der Waals surface area contributed by atoms with E-state index in [0.717, 1.165) is 42.5 Å². The second kappa shape index (κ2) is 10.5. The molecular formula is C28H43N5S. The first-order chi connectivity index (χ1) is 16.5. The van der Waals surface area contributed by atoms with E-state index in [1.165, 1.54) is 76.5 Å². The molecule has 3 heterocycles. The molecule has 1 saturated carbocycles. The van der Waals surface area contributed by atoms with Gasteiger partial charge in [-0.3, -0.25) is 4.90 Å². The molecule has 1 atom stereocenters. The van der Waals surface area contributed by atoms with Crippen LogP contribution in [0.2, 0.25) is 0 Å². The molecule has 5 rings (SSSR count). The molecule has 6 heteroatoms. The minimum Gasteiger partial charge on any atom is -0.347 e. The van der Waals surface area contributed by atoms with Crippen LogP contribution in [-0.4, -0.2) is 60.4 Å². The van der Waals surface area contributed by atoms with Crippen LogP contribution in [0.3, 0.4) is 0 Å². The van der Waals surface area contributed by atoms with Crippen molar-refractivity contribution in [1.29, 1.82) is 0 Å². The normalized spacial score (nSPS) is 24.9. The highest BCUT2D eigenvalue weighted by Crippen LogP contribution is 2.48. The molecule has 2 aliphatic carbocycles. The minimum absolute atomic E-state index is 0.239. The first kappa shape index (κ1) is 24.1. The van der Waals surface area contributed by atoms with Crippen LogP contribution >= 0.6 is 11.3 Å². The van der Waals surface area contributed by atoms with Crippen molar-refractivity contribution in [3.05, 3.63) is 36.0 Å². The van der Waals surface area contributed by atoms with Crippen LogP contribution in [0.4, 0.5) is 10.3 Å². The Kier molecular flexibility index (Phi) is 7.45. The molecule has 2 aliphatic heterocycles. The van der Waals surface area contributed by atoms with Gasteiger partial charge in [-0.25, -0.2) is 0 Å². The second-order valence-electron chi connectivity index (χ2n) is 11.1. The van der Waals surface area contributed by atoms with Gasteiger partial charge in [0.05, 0.1) is 0 Å². The number of allylic oxidation sites excluding steroid dienone is 5. The lowest BCUT2D eigenvalue weighted by atomic mass is 9.63. The average molecular weight is 482 g/mol. The van der Waals surface area contributed by atoms with Crippen molar-refractivity contribution in [2.45, 2.75) is 77.7 Å². The summed E-state index contributed by atoms with van der Waals surface area (Å²) in [5.74, 6) is 0.631. The van der Waals surface area contributed by atoms with E-state index < -0.39 is 0 Å². The smallest absolute Gasteiger partial charge is 0.210 e. The van der Waals surface area contributed by atoms with Gasteiger partial charge in [0.15, 0.2) is 0 Å². The molecule has 0 bridgehead atoms. The standard InChI is InChI=1S/C28H43N5S/c1-22(2)28(23(3)21-24-9-5-4-6-10-24)13-15-32(16-14-28)26-29-30-27(34-26)33-19-17-31(18-20-33)25-11-7-8-12-25/h4-5,9,23,25H,1,6-8,10-21H2,2-3H3. The minimum atomic E-state index is 0.239. The molecule has 4 aliphatic rings. The zero-order valence-electron chi connectivity index (χ0n) is 21.3. The van der Waals surface area contributed by atoms with Gasteiger partial charge in [-0.1, -0.05) is 67.1 Å². The summed E-state index contributed by atoms with van der Waals surface area (Å²) in [6.07, 6.45) is 18.5. The largest absolute Gasteiger partial charge is 0.347 e. The first-order valence-corrected chi connectivity index (χ1v) is 14.4. The lowest BCUT2D eigenvalue weighted by Crippen LogP contribution is -2.49. The number of hydrogen-bond acceptors (Lipinski definition) is 6. The topological polar surface area (TPSA) is 35.5 Å². The summed E-state index contributed by atoms with van der Waals surface area (Å²) in [7, 11) is 0. The van der Waals surface area contributed by atoms with Crippen molar-refractivity contribution < 1.29 is 0 Å². The molecule has 186 valence electrons. The molecule has 3 fully saturated rings. The molecule has 5 nitrogen and oxygen atoms in total. The maximum absolute atomic E-state index is 4.64. The molecule has 0 radical (unpaired) electrons. The summed E-state index contributed by atoms with van der Waals surface area (Å²) in [5, 5.41) is 11.5. The van der Waals surface area contributed by atoms with Crippen LogP contribution in [0, 0.1) is 11.3 Å². The Morgan fingerprint density at radius 3 is 2.29 bits per heavy atom. The predicted octanol–water partition coefficient (Wildman–Crippen LogP) is 6.07. The molecular weight excluding hydrogens is 438 g/mol. The number of rotatable bonds is 7. The van der Waals surface area contributed by atoms with E-state index in [1.54, 1.807) is 16.9 Å². The van der Waals surface area contributed by atoms with Crippen molar-refractivity contribution in [3.8, 4) is 0 Å². The van der Waals surface area contributed by atoms with E-state index in [9.17, 15) is 0 Å². The van der Waals surface area contributed by atoms with Gasteiger partial charge in [0.1, 0.15) is 0 Å². The third-order valence-electron chi connectivity index (χ3n) is 9.22. The van der Waals surface area contributed by atoms with Gasteiger partial charge >= 0.3 is 0 Å². The quantitative estimate of drug-likeness (QED) is 0.442. The summed E-state index contributed by atoms with van der Waals surface area (Å²) in [4.78, 5) is 7.66. The summed E-state index contributed by atoms with van der Waals surface area (Å²) in [5.41, 5.74) is 3.22. The highest BCUT2D eigenvalue weighted by molar-refractivity contribution is 7.19. The molecule has 1 unspecified atom stereocenters. The summed E-state index contributed by atoms with van der Waals surface area (Å²) >= 11 is 1.80. The Balaban J connectivity index is 1.17. The van der Waals surface area contributed by atoms with Crippen LogP contribution in [0.5, 0.6) is 0 Å². The second-order valence-corrected chi connectivity index (χ2v) is 12.1. The van der Waals surface area contributed by atoms with E-state index in [-0.39, 0.29) is 5.41 Å². The van der Waals surface area contributed by atoms with E-state index in [2.05, 4.69) is 63.6 Å². The third-order valence-corrected chi connectivity index (χ3v) is 10.3. The number of piperazine rings is 1. The summed E-state index contributed by atoms with van der Waals surface area (Å²) in [6, 6.07) is 0.835. The Morgan fingerprint density at radius 1 is 1.06 bits per heavy atom. The highest BCUT2D eigenvalue weighted by atomic mass is 32.1. The molecule has 1 aromatic heterocycles. The molecule has 1 aromatic rings. The fraction of sp³-hybridized carbons (Fsp3) is 0.714.